The van der Waals surface area contributed by atoms with Gasteiger partial charge in [0.05, 0.1) is 12.8 Å². The molecule has 1 heterocycles. The monoisotopic (exact) mass is 306 g/mol. The van der Waals surface area contributed by atoms with Crippen LogP contribution in [0.25, 0.3) is 0 Å². The van der Waals surface area contributed by atoms with E-state index in [1.807, 2.05) is 32.0 Å². The lowest BCUT2D eigenvalue weighted by Crippen LogP contribution is -2.44. The molecule has 1 aromatic rings. The average Bonchev–Trinajstić information content (AvgIpc) is 2.47. The first-order valence-corrected chi connectivity index (χ1v) is 7.68. The summed E-state index contributed by atoms with van der Waals surface area (Å²) in [6.45, 7) is 7.92. The summed E-state index contributed by atoms with van der Waals surface area (Å²) >= 11 is 0. The number of nitrogens with one attached hydrogen (secondary N) is 2. The van der Waals surface area contributed by atoms with Crippen molar-refractivity contribution in [2.24, 2.45) is 0 Å². The second kappa shape index (κ2) is 7.35. The number of ether oxygens (including phenoxy) is 1. The van der Waals surface area contributed by atoms with Gasteiger partial charge in [0, 0.05) is 37.9 Å². The minimum absolute atomic E-state index is 0.0896. The Kier molecular flexibility index (Phi) is 5.49. The van der Waals surface area contributed by atoms with Gasteiger partial charge in [0.1, 0.15) is 5.75 Å². The second-order valence-corrected chi connectivity index (χ2v) is 5.93. The number of urea groups is 1. The van der Waals surface area contributed by atoms with Crippen molar-refractivity contribution in [3.8, 4) is 5.75 Å². The maximum atomic E-state index is 11.9. The molecule has 0 spiro atoms. The molecule has 1 saturated heterocycles. The number of hydrogen-bond donors (Lipinski definition) is 2. The number of methoxy groups -OCH3 is 1. The lowest BCUT2D eigenvalue weighted by molar-refractivity contribution is 0.250. The second-order valence-electron chi connectivity index (χ2n) is 5.93. The number of hydrogen-bond acceptors (Lipinski definition) is 4. The van der Waals surface area contributed by atoms with Crippen molar-refractivity contribution < 1.29 is 9.53 Å². The summed E-state index contributed by atoms with van der Waals surface area (Å²) in [7, 11) is 3.74. The van der Waals surface area contributed by atoms with E-state index in [1.54, 1.807) is 7.11 Å². The fourth-order valence-electron chi connectivity index (χ4n) is 2.48. The third kappa shape index (κ3) is 4.27. The van der Waals surface area contributed by atoms with Crippen molar-refractivity contribution in [2.45, 2.75) is 19.9 Å². The van der Waals surface area contributed by atoms with Crippen molar-refractivity contribution in [2.75, 3.05) is 50.6 Å². The zero-order chi connectivity index (χ0) is 16.1. The van der Waals surface area contributed by atoms with Crippen molar-refractivity contribution in [1.82, 2.24) is 10.2 Å². The van der Waals surface area contributed by atoms with Crippen LogP contribution in [-0.4, -0.2) is 57.3 Å². The van der Waals surface area contributed by atoms with E-state index in [2.05, 4.69) is 27.5 Å². The predicted octanol–water partition coefficient (Wildman–Crippen LogP) is 1.98. The van der Waals surface area contributed by atoms with Crippen LogP contribution in [0.3, 0.4) is 0 Å². The van der Waals surface area contributed by atoms with Crippen LogP contribution in [0.4, 0.5) is 16.2 Å². The normalized spacial score (nSPS) is 15.8. The van der Waals surface area contributed by atoms with Crippen molar-refractivity contribution in [3.63, 3.8) is 0 Å². The SMILES string of the molecule is COc1ccc(N2CCN(C)CC2)cc1NC(=O)NC(C)C. The zero-order valence-electron chi connectivity index (χ0n) is 13.8. The number of likely N-dealkylation sites (N-methyl/N-ethyl adjacent to an activating group) is 1. The predicted molar refractivity (Wildman–Crippen MR) is 90.0 cm³/mol. The maximum Gasteiger partial charge on any atom is 0.319 e. The maximum absolute atomic E-state index is 11.9. The van der Waals surface area contributed by atoms with Crippen LogP contribution < -0.4 is 20.3 Å². The Morgan fingerprint density at radius 2 is 1.91 bits per heavy atom. The number of rotatable bonds is 4. The van der Waals surface area contributed by atoms with Gasteiger partial charge in [-0.1, -0.05) is 0 Å². The third-order valence-electron chi connectivity index (χ3n) is 3.72. The number of amides is 2. The summed E-state index contributed by atoms with van der Waals surface area (Å²) < 4.78 is 5.34. The Morgan fingerprint density at radius 3 is 2.50 bits per heavy atom. The van der Waals surface area contributed by atoms with Crippen LogP contribution in [0.15, 0.2) is 18.2 Å². The molecule has 0 atom stereocenters. The van der Waals surface area contributed by atoms with Gasteiger partial charge in [0.25, 0.3) is 0 Å². The van der Waals surface area contributed by atoms with E-state index in [4.69, 9.17) is 4.74 Å². The molecule has 6 heteroatoms. The van der Waals surface area contributed by atoms with E-state index in [-0.39, 0.29) is 12.1 Å². The van der Waals surface area contributed by atoms with E-state index in [9.17, 15) is 4.79 Å². The summed E-state index contributed by atoms with van der Waals surface area (Å²) in [6.07, 6.45) is 0. The Labute approximate surface area is 132 Å². The summed E-state index contributed by atoms with van der Waals surface area (Å²) in [6, 6.07) is 5.79. The smallest absolute Gasteiger partial charge is 0.319 e. The Morgan fingerprint density at radius 1 is 1.23 bits per heavy atom. The van der Waals surface area contributed by atoms with Gasteiger partial charge in [-0.05, 0) is 39.1 Å². The van der Waals surface area contributed by atoms with Gasteiger partial charge in [-0.3, -0.25) is 0 Å². The van der Waals surface area contributed by atoms with E-state index < -0.39 is 0 Å². The molecule has 0 unspecified atom stereocenters. The molecule has 0 aliphatic carbocycles. The molecule has 0 radical (unpaired) electrons. The van der Waals surface area contributed by atoms with Crippen LogP contribution in [-0.2, 0) is 0 Å². The molecular weight excluding hydrogens is 280 g/mol. The molecule has 2 N–H and O–H groups in total. The number of anilines is 2. The Balaban J connectivity index is 2.13. The van der Waals surface area contributed by atoms with Crippen molar-refractivity contribution >= 4 is 17.4 Å². The standard InChI is InChI=1S/C16H26N4O2/c1-12(2)17-16(21)18-14-11-13(5-6-15(14)22-4)20-9-7-19(3)8-10-20/h5-6,11-12H,7-10H2,1-4H3,(H2,17,18,21). The van der Waals surface area contributed by atoms with Crippen LogP contribution in [0.1, 0.15) is 13.8 Å². The van der Waals surface area contributed by atoms with Gasteiger partial charge < -0.3 is 25.2 Å². The van der Waals surface area contributed by atoms with Gasteiger partial charge in [-0.15, -0.1) is 0 Å². The summed E-state index contributed by atoms with van der Waals surface area (Å²) in [5.74, 6) is 0.664. The Bertz CT molecular complexity index is 511. The van der Waals surface area contributed by atoms with E-state index in [0.29, 0.717) is 11.4 Å². The largest absolute Gasteiger partial charge is 0.495 e. The fourth-order valence-corrected chi connectivity index (χ4v) is 2.48. The first kappa shape index (κ1) is 16.4. The molecular formula is C16H26N4O2. The Hall–Kier alpha value is -1.95. The molecule has 1 aromatic carbocycles. The van der Waals surface area contributed by atoms with Gasteiger partial charge in [0.15, 0.2) is 0 Å². The van der Waals surface area contributed by atoms with Crippen molar-refractivity contribution in [1.29, 1.82) is 0 Å². The van der Waals surface area contributed by atoms with Gasteiger partial charge in [-0.25, -0.2) is 4.79 Å². The number of carbonyl (C=O) groups excluding carboxylic acids is 1. The molecule has 22 heavy (non-hydrogen) atoms. The molecule has 122 valence electrons. The van der Waals surface area contributed by atoms with Crippen LogP contribution in [0.5, 0.6) is 5.75 Å². The molecule has 1 aliphatic rings. The number of piperazine rings is 1. The molecule has 0 saturated carbocycles. The van der Waals surface area contributed by atoms with E-state index in [0.717, 1.165) is 31.9 Å². The first-order valence-electron chi connectivity index (χ1n) is 7.68. The molecule has 1 aliphatic heterocycles. The molecule has 0 bridgehead atoms. The van der Waals surface area contributed by atoms with Crippen LogP contribution in [0.2, 0.25) is 0 Å². The van der Waals surface area contributed by atoms with Gasteiger partial charge >= 0.3 is 6.03 Å². The zero-order valence-corrected chi connectivity index (χ0v) is 13.8. The molecule has 2 rings (SSSR count). The number of nitrogens with zero attached hydrogens (tertiary/aromatic N) is 2. The molecule has 6 nitrogen and oxygen atoms in total. The highest BCUT2D eigenvalue weighted by atomic mass is 16.5. The number of benzene rings is 1. The summed E-state index contributed by atoms with van der Waals surface area (Å²) in [4.78, 5) is 16.6. The highest BCUT2D eigenvalue weighted by molar-refractivity contribution is 5.91. The fraction of sp³-hybridized carbons (Fsp3) is 0.562. The summed E-state index contributed by atoms with van der Waals surface area (Å²) in [5.41, 5.74) is 1.80. The minimum atomic E-state index is -0.219. The molecule has 0 aromatic heterocycles. The topological polar surface area (TPSA) is 56.8 Å². The minimum Gasteiger partial charge on any atom is -0.495 e. The number of carbonyl (C=O) groups is 1. The first-order chi connectivity index (χ1) is 10.5. The summed E-state index contributed by atoms with van der Waals surface area (Å²) in [5, 5.41) is 5.69. The molecule has 2 amide bonds. The quantitative estimate of drug-likeness (QED) is 0.893. The van der Waals surface area contributed by atoms with Crippen molar-refractivity contribution in [3.05, 3.63) is 18.2 Å². The van der Waals surface area contributed by atoms with E-state index >= 15 is 0 Å². The highest BCUT2D eigenvalue weighted by Gasteiger charge is 2.16. The van der Waals surface area contributed by atoms with Gasteiger partial charge in [-0.2, -0.15) is 0 Å². The van der Waals surface area contributed by atoms with Gasteiger partial charge in [0.2, 0.25) is 0 Å². The average molecular weight is 306 g/mol. The van der Waals surface area contributed by atoms with E-state index in [1.165, 1.54) is 0 Å². The lowest BCUT2D eigenvalue weighted by Gasteiger charge is -2.34. The molecule has 1 fully saturated rings. The van der Waals surface area contributed by atoms with Crippen LogP contribution in [0, 0.1) is 0 Å². The van der Waals surface area contributed by atoms with Crippen LogP contribution >= 0.6 is 0 Å². The lowest BCUT2D eigenvalue weighted by atomic mass is 10.2. The third-order valence-corrected chi connectivity index (χ3v) is 3.72. The highest BCUT2D eigenvalue weighted by Crippen LogP contribution is 2.30.